The van der Waals surface area contributed by atoms with Gasteiger partial charge in [0, 0.05) is 26.3 Å². The van der Waals surface area contributed by atoms with Gasteiger partial charge < -0.3 is 9.64 Å². The third kappa shape index (κ3) is 4.48. The van der Waals surface area contributed by atoms with E-state index in [9.17, 15) is 0 Å². The van der Waals surface area contributed by atoms with Crippen molar-refractivity contribution in [2.24, 2.45) is 0 Å². The summed E-state index contributed by atoms with van der Waals surface area (Å²) in [6, 6.07) is 1.81. The van der Waals surface area contributed by atoms with Gasteiger partial charge in [-0.2, -0.15) is 0 Å². The summed E-state index contributed by atoms with van der Waals surface area (Å²) in [5.41, 5.74) is 0. The lowest BCUT2D eigenvalue weighted by Crippen LogP contribution is -2.26. The average Bonchev–Trinajstić information content (AvgIpc) is 2.28. The molecule has 0 bridgehead atoms. The second-order valence-corrected chi connectivity index (χ2v) is 4.27. The maximum absolute atomic E-state index is 6.00. The largest absolute Gasteiger partial charge is 0.377 e. The van der Waals surface area contributed by atoms with Gasteiger partial charge in [-0.15, -0.1) is 0 Å². The molecule has 0 amide bonds. The van der Waals surface area contributed by atoms with Gasteiger partial charge in [-0.1, -0.05) is 25.4 Å². The van der Waals surface area contributed by atoms with Gasteiger partial charge >= 0.3 is 0 Å². The zero-order chi connectivity index (χ0) is 12.7. The van der Waals surface area contributed by atoms with E-state index in [0.717, 1.165) is 31.7 Å². The molecule has 0 aromatic carbocycles. The topological polar surface area (TPSA) is 38.2 Å². The quantitative estimate of drug-likeness (QED) is 0.704. The summed E-state index contributed by atoms with van der Waals surface area (Å²) in [6.07, 6.45) is 2.17. The van der Waals surface area contributed by atoms with Crippen molar-refractivity contribution in [2.75, 3.05) is 25.1 Å². The number of anilines is 1. The molecule has 5 heteroatoms. The summed E-state index contributed by atoms with van der Waals surface area (Å²) in [6.45, 7) is 6.66. The Morgan fingerprint density at radius 3 is 2.41 bits per heavy atom. The molecule has 17 heavy (non-hydrogen) atoms. The highest BCUT2D eigenvalue weighted by molar-refractivity contribution is 6.29. The first-order chi connectivity index (χ1) is 8.21. The zero-order valence-corrected chi connectivity index (χ0v) is 11.5. The van der Waals surface area contributed by atoms with Crippen molar-refractivity contribution in [2.45, 2.75) is 33.3 Å². The molecule has 1 rings (SSSR count). The van der Waals surface area contributed by atoms with Gasteiger partial charge in [0.1, 0.15) is 17.6 Å². The Morgan fingerprint density at radius 2 is 1.88 bits per heavy atom. The number of rotatable bonds is 7. The summed E-state index contributed by atoms with van der Waals surface area (Å²) in [5.74, 6) is 1.52. The van der Waals surface area contributed by atoms with Crippen molar-refractivity contribution in [1.82, 2.24) is 9.97 Å². The fourth-order valence-corrected chi connectivity index (χ4v) is 1.88. The average molecular weight is 258 g/mol. The fraction of sp³-hybridized carbons (Fsp3) is 0.667. The molecule has 0 radical (unpaired) electrons. The second-order valence-electron chi connectivity index (χ2n) is 3.89. The molecular weight excluding hydrogens is 238 g/mol. The fourth-order valence-electron chi connectivity index (χ4n) is 1.69. The molecule has 0 spiro atoms. The highest BCUT2D eigenvalue weighted by Crippen LogP contribution is 2.17. The monoisotopic (exact) mass is 257 g/mol. The minimum absolute atomic E-state index is 0.389. The molecule has 96 valence electrons. The summed E-state index contributed by atoms with van der Waals surface area (Å²) >= 11 is 6.00. The highest BCUT2D eigenvalue weighted by atomic mass is 35.5. The summed E-state index contributed by atoms with van der Waals surface area (Å²) in [5, 5.41) is 0.472. The predicted octanol–water partition coefficient (Wildman–Crippen LogP) is 2.90. The molecule has 0 fully saturated rings. The van der Waals surface area contributed by atoms with Gasteiger partial charge in [0.05, 0.1) is 0 Å². The summed E-state index contributed by atoms with van der Waals surface area (Å²) < 4.78 is 5.04. The predicted molar refractivity (Wildman–Crippen MR) is 70.6 cm³/mol. The van der Waals surface area contributed by atoms with Crippen molar-refractivity contribution in [3.8, 4) is 0 Å². The Morgan fingerprint density at radius 1 is 1.24 bits per heavy atom. The highest BCUT2D eigenvalue weighted by Gasteiger charge is 2.09. The van der Waals surface area contributed by atoms with Crippen molar-refractivity contribution in [3.63, 3.8) is 0 Å². The van der Waals surface area contributed by atoms with Crippen LogP contribution in [0.5, 0.6) is 0 Å². The first-order valence-corrected chi connectivity index (χ1v) is 6.36. The number of nitrogens with zero attached hydrogens (tertiary/aromatic N) is 3. The SMILES string of the molecule is CCCN(CCC)c1cc(Cl)nc(COC)n1. The Bertz CT molecular complexity index is 341. The van der Waals surface area contributed by atoms with Gasteiger partial charge in [-0.25, -0.2) is 9.97 Å². The van der Waals surface area contributed by atoms with Crippen LogP contribution in [0.4, 0.5) is 5.82 Å². The van der Waals surface area contributed by atoms with Crippen LogP contribution in [0.3, 0.4) is 0 Å². The molecule has 1 aromatic heterocycles. The maximum Gasteiger partial charge on any atom is 0.158 e. The number of halogens is 1. The van der Waals surface area contributed by atoms with E-state index in [4.69, 9.17) is 16.3 Å². The van der Waals surface area contributed by atoms with Crippen LogP contribution in [-0.2, 0) is 11.3 Å². The molecule has 0 saturated heterocycles. The molecular formula is C12H20ClN3O. The summed E-state index contributed by atoms with van der Waals surface area (Å²) in [4.78, 5) is 10.8. The van der Waals surface area contributed by atoms with E-state index in [-0.39, 0.29) is 0 Å². The van der Waals surface area contributed by atoms with Crippen molar-refractivity contribution < 1.29 is 4.74 Å². The van der Waals surface area contributed by atoms with Gasteiger partial charge in [0.2, 0.25) is 0 Å². The van der Waals surface area contributed by atoms with Crippen LogP contribution >= 0.6 is 11.6 Å². The van der Waals surface area contributed by atoms with Gasteiger partial charge in [0.25, 0.3) is 0 Å². The molecule has 0 aliphatic carbocycles. The van der Waals surface area contributed by atoms with Gasteiger partial charge in [-0.3, -0.25) is 0 Å². The van der Waals surface area contributed by atoms with E-state index in [1.54, 1.807) is 7.11 Å². The van der Waals surface area contributed by atoms with Crippen LogP contribution in [0.15, 0.2) is 6.07 Å². The van der Waals surface area contributed by atoms with E-state index in [1.165, 1.54) is 0 Å². The van der Waals surface area contributed by atoms with E-state index >= 15 is 0 Å². The Kier molecular flexibility index (Phi) is 6.22. The van der Waals surface area contributed by atoms with E-state index < -0.39 is 0 Å². The number of hydrogen-bond donors (Lipinski definition) is 0. The molecule has 0 atom stereocenters. The van der Waals surface area contributed by atoms with Crippen LogP contribution < -0.4 is 4.90 Å². The Balaban J connectivity index is 2.92. The third-order valence-corrected chi connectivity index (χ3v) is 2.51. The molecule has 0 N–H and O–H groups in total. The standard InChI is InChI=1S/C12H20ClN3O/c1-4-6-16(7-5-2)12-8-10(13)14-11(15-12)9-17-3/h8H,4-7,9H2,1-3H3. The minimum Gasteiger partial charge on any atom is -0.377 e. The Labute approximate surface area is 108 Å². The number of aromatic nitrogens is 2. The van der Waals surface area contributed by atoms with Crippen molar-refractivity contribution in [1.29, 1.82) is 0 Å². The van der Waals surface area contributed by atoms with Gasteiger partial charge in [-0.05, 0) is 12.8 Å². The van der Waals surface area contributed by atoms with E-state index in [2.05, 4.69) is 28.7 Å². The molecule has 0 aliphatic heterocycles. The lowest BCUT2D eigenvalue weighted by Gasteiger charge is -2.22. The minimum atomic E-state index is 0.389. The smallest absolute Gasteiger partial charge is 0.158 e. The second kappa shape index (κ2) is 7.45. The van der Waals surface area contributed by atoms with Crippen LogP contribution in [-0.4, -0.2) is 30.2 Å². The third-order valence-electron chi connectivity index (χ3n) is 2.31. The normalized spacial score (nSPS) is 10.6. The molecule has 0 aliphatic rings. The Hall–Kier alpha value is -0.870. The first-order valence-electron chi connectivity index (χ1n) is 5.98. The van der Waals surface area contributed by atoms with Crippen LogP contribution in [0, 0.1) is 0 Å². The van der Waals surface area contributed by atoms with Crippen LogP contribution in [0.2, 0.25) is 5.15 Å². The number of ether oxygens (including phenoxy) is 1. The van der Waals surface area contributed by atoms with Gasteiger partial charge in [0.15, 0.2) is 5.82 Å². The maximum atomic E-state index is 6.00. The zero-order valence-electron chi connectivity index (χ0n) is 10.7. The van der Waals surface area contributed by atoms with Crippen molar-refractivity contribution >= 4 is 17.4 Å². The lowest BCUT2D eigenvalue weighted by atomic mass is 10.3. The van der Waals surface area contributed by atoms with Crippen LogP contribution in [0.25, 0.3) is 0 Å². The first kappa shape index (κ1) is 14.2. The molecule has 1 aromatic rings. The lowest BCUT2D eigenvalue weighted by molar-refractivity contribution is 0.178. The van der Waals surface area contributed by atoms with E-state index in [1.807, 2.05) is 6.07 Å². The molecule has 4 nitrogen and oxygen atoms in total. The number of hydrogen-bond acceptors (Lipinski definition) is 4. The van der Waals surface area contributed by atoms with Crippen molar-refractivity contribution in [3.05, 3.63) is 17.0 Å². The molecule has 0 unspecified atom stereocenters. The molecule has 1 heterocycles. The van der Waals surface area contributed by atoms with Crippen LogP contribution in [0.1, 0.15) is 32.5 Å². The van der Waals surface area contributed by atoms with E-state index in [0.29, 0.717) is 17.6 Å². The summed E-state index contributed by atoms with van der Waals surface area (Å²) in [7, 11) is 1.62. The molecule has 0 saturated carbocycles. The number of methoxy groups -OCH3 is 1.